The van der Waals surface area contributed by atoms with E-state index in [-0.39, 0.29) is 5.75 Å². The molecule has 0 spiro atoms. The quantitative estimate of drug-likeness (QED) is 0.460. The normalized spacial score (nSPS) is 10.5. The van der Waals surface area contributed by atoms with Gasteiger partial charge < -0.3 is 10.1 Å². The van der Waals surface area contributed by atoms with Gasteiger partial charge in [-0.3, -0.25) is 15.2 Å². The Morgan fingerprint density at radius 1 is 1.46 bits per heavy atom. The second-order valence-electron chi connectivity index (χ2n) is 4.59. The second kappa shape index (κ2) is 10.1. The fourth-order valence-electron chi connectivity index (χ4n) is 1.69. The van der Waals surface area contributed by atoms with Crippen LogP contribution >= 0.6 is 23.1 Å². The van der Waals surface area contributed by atoms with Gasteiger partial charge in [-0.15, -0.1) is 16.4 Å². The Morgan fingerprint density at radius 3 is 3.08 bits per heavy atom. The number of hydrogen-bond donors (Lipinski definition) is 3. The van der Waals surface area contributed by atoms with Crippen LogP contribution in [0, 0.1) is 0 Å². The fourth-order valence-corrected chi connectivity index (χ4v) is 2.95. The predicted molar refractivity (Wildman–Crippen MR) is 93.1 cm³/mol. The summed E-state index contributed by atoms with van der Waals surface area (Å²) in [6.45, 7) is 3.60. The molecule has 0 saturated carbocycles. The number of ether oxygens (including phenoxy) is 1. The van der Waals surface area contributed by atoms with Gasteiger partial charge in [-0.05, 0) is 24.8 Å². The SMILES string of the molecule is CCOCCCNC(=O)NC(=O)CSc1n[nH]c(-c2cccs2)n1. The zero-order chi connectivity index (χ0) is 17.2. The molecule has 0 aromatic carbocycles. The van der Waals surface area contributed by atoms with Crippen molar-refractivity contribution in [1.82, 2.24) is 25.8 Å². The number of aromatic amines is 1. The van der Waals surface area contributed by atoms with Crippen molar-refractivity contribution in [2.45, 2.75) is 18.5 Å². The Balaban J connectivity index is 1.65. The smallest absolute Gasteiger partial charge is 0.321 e. The molecule has 0 saturated heterocycles. The first-order valence-corrected chi connectivity index (χ1v) is 9.30. The van der Waals surface area contributed by atoms with E-state index in [1.165, 1.54) is 0 Å². The number of carbonyl (C=O) groups is 2. The summed E-state index contributed by atoms with van der Waals surface area (Å²) in [5.41, 5.74) is 0. The van der Waals surface area contributed by atoms with Crippen LogP contribution in [0.4, 0.5) is 4.79 Å². The molecule has 0 bridgehead atoms. The molecule has 3 N–H and O–H groups in total. The molecular formula is C14H19N5O3S2. The Hall–Kier alpha value is -1.91. The lowest BCUT2D eigenvalue weighted by Crippen LogP contribution is -2.40. The minimum absolute atomic E-state index is 0.0636. The third kappa shape index (κ3) is 6.30. The number of imide groups is 1. The molecule has 10 heteroatoms. The van der Waals surface area contributed by atoms with E-state index >= 15 is 0 Å². The highest BCUT2D eigenvalue weighted by Gasteiger charge is 2.11. The van der Waals surface area contributed by atoms with E-state index in [1.54, 1.807) is 11.3 Å². The molecule has 8 nitrogen and oxygen atoms in total. The molecule has 0 unspecified atom stereocenters. The van der Waals surface area contributed by atoms with Crippen molar-refractivity contribution in [1.29, 1.82) is 0 Å². The Kier molecular flexibility index (Phi) is 7.72. The number of urea groups is 1. The van der Waals surface area contributed by atoms with Crippen LogP contribution in [0.2, 0.25) is 0 Å². The monoisotopic (exact) mass is 369 g/mol. The summed E-state index contributed by atoms with van der Waals surface area (Å²) in [4.78, 5) is 28.5. The number of H-pyrrole nitrogens is 1. The van der Waals surface area contributed by atoms with E-state index in [2.05, 4.69) is 25.8 Å². The van der Waals surface area contributed by atoms with Gasteiger partial charge in [-0.2, -0.15) is 0 Å². The second-order valence-corrected chi connectivity index (χ2v) is 6.48. The summed E-state index contributed by atoms with van der Waals surface area (Å²) in [5, 5.41) is 14.1. The average molecular weight is 369 g/mol. The van der Waals surface area contributed by atoms with Gasteiger partial charge in [0, 0.05) is 19.8 Å². The van der Waals surface area contributed by atoms with Gasteiger partial charge in [0.1, 0.15) is 0 Å². The third-order valence-corrected chi connectivity index (χ3v) is 4.48. The number of aromatic nitrogens is 3. The van der Waals surface area contributed by atoms with Crippen molar-refractivity contribution >= 4 is 35.0 Å². The summed E-state index contributed by atoms with van der Waals surface area (Å²) in [7, 11) is 0. The van der Waals surface area contributed by atoms with E-state index in [9.17, 15) is 9.59 Å². The number of nitrogens with zero attached hydrogens (tertiary/aromatic N) is 2. The van der Waals surface area contributed by atoms with Gasteiger partial charge in [0.25, 0.3) is 0 Å². The van der Waals surface area contributed by atoms with E-state index in [4.69, 9.17) is 4.74 Å². The molecule has 0 aliphatic carbocycles. The highest BCUT2D eigenvalue weighted by atomic mass is 32.2. The summed E-state index contributed by atoms with van der Waals surface area (Å²) in [5.74, 6) is 0.332. The van der Waals surface area contributed by atoms with Gasteiger partial charge >= 0.3 is 6.03 Å². The van der Waals surface area contributed by atoms with E-state index in [0.717, 1.165) is 16.6 Å². The third-order valence-electron chi connectivity index (χ3n) is 2.76. The minimum Gasteiger partial charge on any atom is -0.382 e. The molecule has 24 heavy (non-hydrogen) atoms. The number of rotatable bonds is 9. The van der Waals surface area contributed by atoms with Crippen LogP contribution in [-0.2, 0) is 9.53 Å². The zero-order valence-electron chi connectivity index (χ0n) is 13.2. The fraction of sp³-hybridized carbons (Fsp3) is 0.429. The summed E-state index contributed by atoms with van der Waals surface area (Å²) < 4.78 is 5.15. The molecule has 2 rings (SSSR count). The van der Waals surface area contributed by atoms with Crippen molar-refractivity contribution in [3.05, 3.63) is 17.5 Å². The molecule has 130 valence electrons. The van der Waals surface area contributed by atoms with Crippen molar-refractivity contribution < 1.29 is 14.3 Å². The maximum atomic E-state index is 11.7. The number of carbonyl (C=O) groups excluding carboxylic acids is 2. The van der Waals surface area contributed by atoms with E-state index in [0.29, 0.717) is 37.2 Å². The molecular weight excluding hydrogens is 350 g/mol. The van der Waals surface area contributed by atoms with Crippen LogP contribution in [-0.4, -0.2) is 52.6 Å². The average Bonchev–Trinajstić information content (AvgIpc) is 3.24. The molecule has 0 atom stereocenters. The molecule has 2 aromatic rings. The van der Waals surface area contributed by atoms with Crippen LogP contribution in [0.25, 0.3) is 10.7 Å². The van der Waals surface area contributed by atoms with Crippen LogP contribution in [0.3, 0.4) is 0 Å². The van der Waals surface area contributed by atoms with Gasteiger partial charge in [0.15, 0.2) is 5.82 Å². The van der Waals surface area contributed by atoms with Crippen LogP contribution in [0.1, 0.15) is 13.3 Å². The number of hydrogen-bond acceptors (Lipinski definition) is 7. The zero-order valence-corrected chi connectivity index (χ0v) is 14.8. The molecule has 0 radical (unpaired) electrons. The van der Waals surface area contributed by atoms with Crippen molar-refractivity contribution in [3.8, 4) is 10.7 Å². The lowest BCUT2D eigenvalue weighted by molar-refractivity contribution is -0.117. The Bertz CT molecular complexity index is 645. The maximum Gasteiger partial charge on any atom is 0.321 e. The first-order valence-electron chi connectivity index (χ1n) is 7.43. The maximum absolute atomic E-state index is 11.7. The lowest BCUT2D eigenvalue weighted by Gasteiger charge is -2.06. The largest absolute Gasteiger partial charge is 0.382 e. The summed E-state index contributed by atoms with van der Waals surface area (Å²) in [6, 6.07) is 3.35. The van der Waals surface area contributed by atoms with Gasteiger partial charge in [0.2, 0.25) is 11.1 Å². The van der Waals surface area contributed by atoms with Gasteiger partial charge in [-0.25, -0.2) is 9.78 Å². The van der Waals surface area contributed by atoms with Crippen molar-refractivity contribution in [2.75, 3.05) is 25.5 Å². The van der Waals surface area contributed by atoms with Gasteiger partial charge in [-0.1, -0.05) is 17.8 Å². The van der Waals surface area contributed by atoms with Crippen molar-refractivity contribution in [3.63, 3.8) is 0 Å². The molecule has 2 aromatic heterocycles. The standard InChI is InChI=1S/C14H19N5O3S2/c1-2-22-7-4-6-15-13(21)16-11(20)9-24-14-17-12(18-19-14)10-5-3-8-23-10/h3,5,8H,2,4,6-7,9H2,1H3,(H,17,18,19)(H2,15,16,20,21). The molecule has 0 aliphatic rings. The highest BCUT2D eigenvalue weighted by molar-refractivity contribution is 7.99. The van der Waals surface area contributed by atoms with Crippen LogP contribution in [0.5, 0.6) is 0 Å². The molecule has 0 aliphatic heterocycles. The first kappa shape index (κ1) is 18.4. The highest BCUT2D eigenvalue weighted by Crippen LogP contribution is 2.22. The Morgan fingerprint density at radius 2 is 2.33 bits per heavy atom. The summed E-state index contributed by atoms with van der Waals surface area (Å²) >= 11 is 2.71. The molecule has 2 heterocycles. The molecule has 3 amide bonds. The lowest BCUT2D eigenvalue weighted by atomic mass is 10.4. The van der Waals surface area contributed by atoms with E-state index in [1.807, 2.05) is 24.4 Å². The first-order chi connectivity index (χ1) is 11.7. The number of nitrogens with one attached hydrogen (secondary N) is 3. The number of amides is 3. The van der Waals surface area contributed by atoms with Crippen LogP contribution < -0.4 is 10.6 Å². The van der Waals surface area contributed by atoms with Crippen LogP contribution in [0.15, 0.2) is 22.7 Å². The topological polar surface area (TPSA) is 109 Å². The summed E-state index contributed by atoms with van der Waals surface area (Å²) in [6.07, 6.45) is 0.701. The predicted octanol–water partition coefficient (Wildman–Crippen LogP) is 1.88. The molecule has 0 fully saturated rings. The number of thiophene rings is 1. The Labute approximate surface area is 147 Å². The van der Waals surface area contributed by atoms with Gasteiger partial charge in [0.05, 0.1) is 10.6 Å². The minimum atomic E-state index is -0.508. The van der Waals surface area contributed by atoms with Crippen molar-refractivity contribution in [2.24, 2.45) is 0 Å². The van der Waals surface area contributed by atoms with E-state index < -0.39 is 11.9 Å². The number of thioether (sulfide) groups is 1.